The Bertz CT molecular complexity index is 759. The number of amides is 1. The van der Waals surface area contributed by atoms with E-state index in [2.05, 4.69) is 6.92 Å². The second-order valence-corrected chi connectivity index (χ2v) is 8.82. The topological polar surface area (TPSA) is 76.1 Å². The third-order valence-corrected chi connectivity index (χ3v) is 6.85. The van der Waals surface area contributed by atoms with Crippen LogP contribution in [0.5, 0.6) is 5.75 Å². The minimum Gasteiger partial charge on any atom is -0.496 e. The fourth-order valence-electron chi connectivity index (χ4n) is 3.49. The second kappa shape index (κ2) is 7.94. The van der Waals surface area contributed by atoms with E-state index in [4.69, 9.17) is 9.47 Å². The predicted octanol–water partition coefficient (Wildman–Crippen LogP) is 1.59. The van der Waals surface area contributed by atoms with Gasteiger partial charge < -0.3 is 14.4 Å². The van der Waals surface area contributed by atoms with Gasteiger partial charge >= 0.3 is 0 Å². The summed E-state index contributed by atoms with van der Waals surface area (Å²) < 4.78 is 37.7. The second-order valence-electron chi connectivity index (χ2n) is 6.88. The maximum atomic E-state index is 13.0. The number of ether oxygens (including phenoxy) is 2. The van der Waals surface area contributed by atoms with Gasteiger partial charge in [0.15, 0.2) is 0 Å². The van der Waals surface area contributed by atoms with Crippen molar-refractivity contribution in [2.24, 2.45) is 5.92 Å². The van der Waals surface area contributed by atoms with E-state index in [0.717, 1.165) is 12.8 Å². The van der Waals surface area contributed by atoms with Crippen molar-refractivity contribution in [3.63, 3.8) is 0 Å². The van der Waals surface area contributed by atoms with Crippen LogP contribution in [0.1, 0.15) is 30.1 Å². The number of likely N-dealkylation sites (tertiary alicyclic amines) is 1. The number of carbonyl (C=O) groups is 1. The van der Waals surface area contributed by atoms with Crippen molar-refractivity contribution in [2.45, 2.75) is 24.7 Å². The number of sulfonamides is 1. The molecule has 8 heteroatoms. The number of methoxy groups -OCH3 is 1. The van der Waals surface area contributed by atoms with Crippen molar-refractivity contribution in [1.82, 2.24) is 9.21 Å². The number of morpholine rings is 1. The van der Waals surface area contributed by atoms with Gasteiger partial charge in [0.05, 0.1) is 30.8 Å². The molecule has 0 unspecified atom stereocenters. The highest BCUT2D eigenvalue weighted by Gasteiger charge is 2.30. The van der Waals surface area contributed by atoms with Crippen molar-refractivity contribution in [2.75, 3.05) is 46.5 Å². The van der Waals surface area contributed by atoms with E-state index < -0.39 is 10.0 Å². The van der Waals surface area contributed by atoms with Crippen LogP contribution in [0, 0.1) is 5.92 Å². The average molecular weight is 382 g/mol. The van der Waals surface area contributed by atoms with E-state index in [1.807, 2.05) is 0 Å². The quantitative estimate of drug-likeness (QED) is 0.790. The molecule has 1 atom stereocenters. The Morgan fingerprint density at radius 2 is 1.96 bits per heavy atom. The molecule has 26 heavy (non-hydrogen) atoms. The lowest BCUT2D eigenvalue weighted by Crippen LogP contribution is -2.41. The Labute approximate surface area is 154 Å². The molecule has 0 N–H and O–H groups in total. The number of benzene rings is 1. The standard InChI is InChI=1S/C18H26N2O5S/c1-14-4-3-7-19(13-14)18(21)16-12-15(5-6-17(16)24-2)26(22,23)20-8-10-25-11-9-20/h5-6,12,14H,3-4,7-11,13H2,1-2H3/t14-/m0/s1. The van der Waals surface area contributed by atoms with E-state index in [0.29, 0.717) is 56.6 Å². The third kappa shape index (κ3) is 3.87. The Hall–Kier alpha value is -1.64. The summed E-state index contributed by atoms with van der Waals surface area (Å²) in [6, 6.07) is 4.51. The first-order chi connectivity index (χ1) is 12.4. The van der Waals surface area contributed by atoms with E-state index >= 15 is 0 Å². The molecule has 2 aliphatic rings. The monoisotopic (exact) mass is 382 g/mol. The lowest BCUT2D eigenvalue weighted by Gasteiger charge is -2.31. The van der Waals surface area contributed by atoms with Crippen molar-refractivity contribution >= 4 is 15.9 Å². The summed E-state index contributed by atoms with van der Waals surface area (Å²) in [4.78, 5) is 14.9. The molecule has 0 aromatic heterocycles. The van der Waals surface area contributed by atoms with Crippen LogP contribution < -0.4 is 4.74 Å². The van der Waals surface area contributed by atoms with Gasteiger partial charge in [0.25, 0.3) is 5.91 Å². The molecule has 1 aromatic carbocycles. The normalized spacial score (nSPS) is 22.2. The van der Waals surface area contributed by atoms with Crippen LogP contribution in [0.4, 0.5) is 0 Å². The number of nitrogens with zero attached hydrogens (tertiary/aromatic N) is 2. The fourth-order valence-corrected chi connectivity index (χ4v) is 4.93. The van der Waals surface area contributed by atoms with Crippen LogP contribution in [-0.2, 0) is 14.8 Å². The summed E-state index contributed by atoms with van der Waals surface area (Å²) in [5.74, 6) is 0.667. The average Bonchev–Trinajstić information content (AvgIpc) is 2.67. The summed E-state index contributed by atoms with van der Waals surface area (Å²) in [6.45, 7) is 4.90. The van der Waals surface area contributed by atoms with Crippen molar-refractivity contribution in [3.8, 4) is 5.75 Å². The third-order valence-electron chi connectivity index (χ3n) is 4.95. The molecule has 3 rings (SSSR count). The number of carbonyl (C=O) groups excluding carboxylic acids is 1. The lowest BCUT2D eigenvalue weighted by atomic mass is 9.99. The number of hydrogen-bond acceptors (Lipinski definition) is 5. The molecule has 1 aromatic rings. The highest BCUT2D eigenvalue weighted by molar-refractivity contribution is 7.89. The molecule has 2 aliphatic heterocycles. The molecule has 0 bridgehead atoms. The molecule has 2 saturated heterocycles. The molecule has 2 fully saturated rings. The molecule has 144 valence electrons. The highest BCUT2D eigenvalue weighted by Crippen LogP contribution is 2.28. The van der Waals surface area contributed by atoms with Crippen LogP contribution in [0.3, 0.4) is 0 Å². The summed E-state index contributed by atoms with van der Waals surface area (Å²) >= 11 is 0. The molecule has 0 radical (unpaired) electrons. The van der Waals surface area contributed by atoms with Crippen LogP contribution in [-0.4, -0.2) is 70.0 Å². The van der Waals surface area contributed by atoms with Gasteiger partial charge in [-0.3, -0.25) is 4.79 Å². The first kappa shape index (κ1) is 19.1. The lowest BCUT2D eigenvalue weighted by molar-refractivity contribution is 0.0679. The van der Waals surface area contributed by atoms with Crippen molar-refractivity contribution in [3.05, 3.63) is 23.8 Å². The maximum absolute atomic E-state index is 13.0. The fraction of sp³-hybridized carbons (Fsp3) is 0.611. The summed E-state index contributed by atoms with van der Waals surface area (Å²) in [5, 5.41) is 0. The number of piperidine rings is 1. The van der Waals surface area contributed by atoms with Gasteiger partial charge in [-0.15, -0.1) is 0 Å². The largest absolute Gasteiger partial charge is 0.496 e. The smallest absolute Gasteiger partial charge is 0.257 e. The van der Waals surface area contributed by atoms with Crippen LogP contribution in [0.2, 0.25) is 0 Å². The van der Waals surface area contributed by atoms with Gasteiger partial charge in [0.1, 0.15) is 5.75 Å². The Morgan fingerprint density at radius 3 is 2.62 bits per heavy atom. The van der Waals surface area contributed by atoms with Gasteiger partial charge in [-0.25, -0.2) is 8.42 Å². The van der Waals surface area contributed by atoms with Gasteiger partial charge in [-0.1, -0.05) is 6.92 Å². The van der Waals surface area contributed by atoms with E-state index in [9.17, 15) is 13.2 Å². The Morgan fingerprint density at radius 1 is 1.23 bits per heavy atom. The van der Waals surface area contributed by atoms with E-state index in [1.54, 1.807) is 11.0 Å². The highest BCUT2D eigenvalue weighted by atomic mass is 32.2. The Balaban J connectivity index is 1.92. The van der Waals surface area contributed by atoms with Crippen LogP contribution >= 0.6 is 0 Å². The molecule has 2 heterocycles. The van der Waals surface area contributed by atoms with E-state index in [1.165, 1.54) is 23.5 Å². The van der Waals surface area contributed by atoms with Crippen molar-refractivity contribution < 1.29 is 22.7 Å². The van der Waals surface area contributed by atoms with Gasteiger partial charge in [0.2, 0.25) is 10.0 Å². The first-order valence-electron chi connectivity index (χ1n) is 8.98. The number of hydrogen-bond donors (Lipinski definition) is 0. The Kier molecular flexibility index (Phi) is 5.84. The zero-order valence-electron chi connectivity index (χ0n) is 15.3. The molecule has 1 amide bonds. The molecule has 0 saturated carbocycles. The summed E-state index contributed by atoms with van der Waals surface area (Å²) in [5.41, 5.74) is 0.302. The van der Waals surface area contributed by atoms with Gasteiger partial charge in [-0.2, -0.15) is 4.31 Å². The van der Waals surface area contributed by atoms with Crippen LogP contribution in [0.25, 0.3) is 0 Å². The first-order valence-corrected chi connectivity index (χ1v) is 10.4. The zero-order chi connectivity index (χ0) is 18.7. The molecule has 0 aliphatic carbocycles. The molecule has 7 nitrogen and oxygen atoms in total. The summed E-state index contributed by atoms with van der Waals surface area (Å²) in [7, 11) is -2.17. The van der Waals surface area contributed by atoms with E-state index in [-0.39, 0.29) is 10.8 Å². The van der Waals surface area contributed by atoms with Gasteiger partial charge in [0, 0.05) is 26.2 Å². The summed E-state index contributed by atoms with van der Waals surface area (Å²) in [6.07, 6.45) is 2.06. The minimum absolute atomic E-state index is 0.119. The number of rotatable bonds is 4. The van der Waals surface area contributed by atoms with Gasteiger partial charge in [-0.05, 0) is 37.0 Å². The molecule has 0 spiro atoms. The maximum Gasteiger partial charge on any atom is 0.257 e. The predicted molar refractivity (Wildman–Crippen MR) is 96.9 cm³/mol. The SMILES string of the molecule is COc1ccc(S(=O)(=O)N2CCOCC2)cc1C(=O)N1CCC[C@H](C)C1. The van der Waals surface area contributed by atoms with Crippen molar-refractivity contribution in [1.29, 1.82) is 0 Å². The van der Waals surface area contributed by atoms with Crippen LogP contribution in [0.15, 0.2) is 23.1 Å². The zero-order valence-corrected chi connectivity index (χ0v) is 16.1. The molecular formula is C18H26N2O5S. The molecular weight excluding hydrogens is 356 g/mol. The minimum atomic E-state index is -3.66.